The van der Waals surface area contributed by atoms with Crippen LogP contribution in [0.25, 0.3) is 97.1 Å². The zero-order valence-electron chi connectivity index (χ0n) is 33.6. The summed E-state index contributed by atoms with van der Waals surface area (Å²) >= 11 is 1.86. The van der Waals surface area contributed by atoms with Crippen LogP contribution in [0.1, 0.15) is 0 Å². The fourth-order valence-corrected chi connectivity index (χ4v) is 11.1. The molecular formula is C58H37N3S. The predicted octanol–water partition coefficient (Wildman–Crippen LogP) is 16.5. The first kappa shape index (κ1) is 34.9. The molecule has 10 aromatic carbocycles. The Morgan fingerprint density at radius 3 is 1.79 bits per heavy atom. The first-order chi connectivity index (χ1) is 30.8. The molecular weight excluding hydrogens is 771 g/mol. The normalized spacial score (nSPS) is 11.9. The predicted molar refractivity (Wildman–Crippen MR) is 266 cm³/mol. The van der Waals surface area contributed by atoms with Gasteiger partial charge in [-0.2, -0.15) is 0 Å². The molecule has 3 nitrogen and oxygen atoms in total. The van der Waals surface area contributed by atoms with Gasteiger partial charge in [-0.15, -0.1) is 11.3 Å². The van der Waals surface area contributed by atoms with Crippen LogP contribution in [0, 0.1) is 0 Å². The highest BCUT2D eigenvalue weighted by Crippen LogP contribution is 2.45. The molecule has 0 spiro atoms. The summed E-state index contributed by atoms with van der Waals surface area (Å²) in [5.41, 5.74) is 12.9. The summed E-state index contributed by atoms with van der Waals surface area (Å²) in [4.78, 5) is 2.42. The molecule has 0 aliphatic rings. The van der Waals surface area contributed by atoms with Crippen LogP contribution in [-0.2, 0) is 0 Å². The van der Waals surface area contributed by atoms with Crippen molar-refractivity contribution in [2.45, 2.75) is 0 Å². The summed E-state index contributed by atoms with van der Waals surface area (Å²) in [6.45, 7) is 0. The van der Waals surface area contributed by atoms with Crippen molar-refractivity contribution in [3.63, 3.8) is 0 Å². The molecule has 13 rings (SSSR count). The zero-order valence-corrected chi connectivity index (χ0v) is 34.4. The Bertz CT molecular complexity index is 3870. The van der Waals surface area contributed by atoms with Gasteiger partial charge in [0.15, 0.2) is 0 Å². The van der Waals surface area contributed by atoms with Crippen LogP contribution in [0.2, 0.25) is 0 Å². The third-order valence-electron chi connectivity index (χ3n) is 12.7. The molecule has 0 aliphatic heterocycles. The average molecular weight is 808 g/mol. The van der Waals surface area contributed by atoms with E-state index in [2.05, 4.69) is 238 Å². The van der Waals surface area contributed by atoms with Gasteiger partial charge in [-0.05, 0) is 108 Å². The summed E-state index contributed by atoms with van der Waals surface area (Å²) in [6.07, 6.45) is 0. The third kappa shape index (κ3) is 5.30. The van der Waals surface area contributed by atoms with Gasteiger partial charge in [-0.25, -0.2) is 0 Å². The van der Waals surface area contributed by atoms with Crippen molar-refractivity contribution in [3.8, 4) is 22.5 Å². The summed E-state index contributed by atoms with van der Waals surface area (Å²) < 4.78 is 7.45. The lowest BCUT2D eigenvalue weighted by Crippen LogP contribution is -2.10. The molecule has 13 aromatic rings. The molecule has 4 heteroatoms. The first-order valence-electron chi connectivity index (χ1n) is 21.2. The van der Waals surface area contributed by atoms with Crippen molar-refractivity contribution < 1.29 is 0 Å². The largest absolute Gasteiger partial charge is 0.310 e. The van der Waals surface area contributed by atoms with Gasteiger partial charge < -0.3 is 14.0 Å². The van der Waals surface area contributed by atoms with Crippen LogP contribution >= 0.6 is 11.3 Å². The van der Waals surface area contributed by atoms with Gasteiger partial charge in [-0.1, -0.05) is 133 Å². The van der Waals surface area contributed by atoms with Gasteiger partial charge in [0.25, 0.3) is 0 Å². The van der Waals surface area contributed by atoms with Gasteiger partial charge in [0, 0.05) is 69.9 Å². The highest BCUT2D eigenvalue weighted by Gasteiger charge is 2.21. The monoisotopic (exact) mass is 807 g/mol. The lowest BCUT2D eigenvalue weighted by Gasteiger charge is -2.27. The summed E-state index contributed by atoms with van der Waals surface area (Å²) in [5.74, 6) is 0. The zero-order chi connectivity index (χ0) is 40.7. The van der Waals surface area contributed by atoms with E-state index >= 15 is 0 Å². The number of thiophene rings is 1. The van der Waals surface area contributed by atoms with E-state index in [1.807, 2.05) is 11.3 Å². The van der Waals surface area contributed by atoms with Crippen molar-refractivity contribution in [2.24, 2.45) is 0 Å². The molecule has 0 radical (unpaired) electrons. The van der Waals surface area contributed by atoms with Gasteiger partial charge in [0.05, 0.1) is 27.8 Å². The van der Waals surface area contributed by atoms with Crippen LogP contribution in [0.4, 0.5) is 17.1 Å². The van der Waals surface area contributed by atoms with Gasteiger partial charge in [0.1, 0.15) is 0 Å². The Kier molecular flexibility index (Phi) is 7.78. The Hall–Kier alpha value is -7.92. The minimum atomic E-state index is 1.10. The van der Waals surface area contributed by atoms with Gasteiger partial charge in [-0.3, -0.25) is 0 Å². The molecule has 0 atom stereocenters. The average Bonchev–Trinajstić information content (AvgIpc) is 4.00. The molecule has 0 aliphatic carbocycles. The molecule has 3 aromatic heterocycles. The maximum Gasteiger partial charge on any atom is 0.0547 e. The highest BCUT2D eigenvalue weighted by molar-refractivity contribution is 7.25. The van der Waals surface area contributed by atoms with E-state index in [1.165, 1.54) is 85.7 Å². The Morgan fingerprint density at radius 2 is 0.935 bits per heavy atom. The second kappa shape index (κ2) is 13.8. The molecule has 3 heterocycles. The van der Waals surface area contributed by atoms with E-state index in [-0.39, 0.29) is 0 Å². The van der Waals surface area contributed by atoms with Crippen LogP contribution in [0.3, 0.4) is 0 Å². The topological polar surface area (TPSA) is 13.1 Å². The number of para-hydroxylation sites is 3. The lowest BCUT2D eigenvalue weighted by molar-refractivity contribution is 1.17. The standard InChI is InChI=1S/C58H37N3S/c1-2-16-40(17-3-1)61-52-23-9-6-19-46(52)47-34-28-39(36-55(47)61)45-22-13-26-54-58(45)49-21-7-10-24-53(49)60(54)42-31-29-41(30-32-42)59(51-25-12-15-38-14-4-5-18-44(38)51)43-33-35-57-50(37-43)48-20-8-11-27-56(48)62-57/h1-37H. The number of hydrogen-bond acceptors (Lipinski definition) is 2. The molecule has 0 N–H and O–H groups in total. The minimum Gasteiger partial charge on any atom is -0.310 e. The quantitative estimate of drug-likeness (QED) is 0.163. The number of anilines is 3. The molecule has 0 saturated carbocycles. The molecule has 290 valence electrons. The summed E-state index contributed by atoms with van der Waals surface area (Å²) in [6, 6.07) is 82.2. The number of rotatable bonds is 6. The van der Waals surface area contributed by atoms with E-state index in [1.54, 1.807) is 0 Å². The van der Waals surface area contributed by atoms with Gasteiger partial charge >= 0.3 is 0 Å². The van der Waals surface area contributed by atoms with Crippen LogP contribution in [0.5, 0.6) is 0 Å². The number of fused-ring (bicyclic) bond motifs is 10. The summed E-state index contributed by atoms with van der Waals surface area (Å²) in [7, 11) is 0. The van der Waals surface area contributed by atoms with Gasteiger partial charge in [0.2, 0.25) is 0 Å². The maximum atomic E-state index is 2.43. The number of nitrogens with zero attached hydrogens (tertiary/aromatic N) is 3. The smallest absolute Gasteiger partial charge is 0.0547 e. The second-order valence-electron chi connectivity index (χ2n) is 16.1. The lowest BCUT2D eigenvalue weighted by atomic mass is 9.98. The van der Waals surface area contributed by atoms with Crippen LogP contribution < -0.4 is 4.90 Å². The van der Waals surface area contributed by atoms with Crippen LogP contribution in [-0.4, -0.2) is 9.13 Å². The highest BCUT2D eigenvalue weighted by atomic mass is 32.1. The molecule has 0 fully saturated rings. The molecule has 0 amide bonds. The fraction of sp³-hybridized carbons (Fsp3) is 0. The SMILES string of the molecule is c1ccc(-n2c3ccccc3c3ccc(-c4cccc5c4c4ccccc4n5-c4ccc(N(c5ccc6sc7ccccc7c6c5)c5cccc6ccccc56)cc4)cc32)cc1. The van der Waals surface area contributed by atoms with E-state index in [0.717, 1.165) is 28.4 Å². The minimum absolute atomic E-state index is 1.10. The Morgan fingerprint density at radius 1 is 0.339 bits per heavy atom. The molecule has 62 heavy (non-hydrogen) atoms. The van der Waals surface area contributed by atoms with Crippen LogP contribution in [0.15, 0.2) is 224 Å². The van der Waals surface area contributed by atoms with Crippen molar-refractivity contribution in [3.05, 3.63) is 224 Å². The van der Waals surface area contributed by atoms with Crippen molar-refractivity contribution >= 4 is 103 Å². The molecule has 0 bridgehead atoms. The van der Waals surface area contributed by atoms with Crippen molar-refractivity contribution in [2.75, 3.05) is 4.90 Å². The van der Waals surface area contributed by atoms with E-state index < -0.39 is 0 Å². The second-order valence-corrected chi connectivity index (χ2v) is 17.2. The third-order valence-corrected chi connectivity index (χ3v) is 13.8. The first-order valence-corrected chi connectivity index (χ1v) is 22.0. The van der Waals surface area contributed by atoms with E-state index in [0.29, 0.717) is 0 Å². The maximum absolute atomic E-state index is 2.43. The Balaban J connectivity index is 0.980. The van der Waals surface area contributed by atoms with E-state index in [9.17, 15) is 0 Å². The number of aromatic nitrogens is 2. The fourth-order valence-electron chi connectivity index (χ4n) is 9.97. The van der Waals surface area contributed by atoms with Crippen molar-refractivity contribution in [1.29, 1.82) is 0 Å². The molecule has 0 saturated heterocycles. The summed E-state index contributed by atoms with van der Waals surface area (Å²) in [5, 5.41) is 10.0. The number of benzene rings is 10. The van der Waals surface area contributed by atoms with E-state index in [4.69, 9.17) is 0 Å². The molecule has 0 unspecified atom stereocenters. The van der Waals surface area contributed by atoms with Crippen molar-refractivity contribution in [1.82, 2.24) is 9.13 Å². The number of hydrogen-bond donors (Lipinski definition) is 0. The Labute approximate surface area is 362 Å².